The summed E-state index contributed by atoms with van der Waals surface area (Å²) in [7, 11) is 0. The predicted molar refractivity (Wildman–Crippen MR) is 135 cm³/mol. The summed E-state index contributed by atoms with van der Waals surface area (Å²) in [5.41, 5.74) is -3.13. The number of rotatable bonds is 7. The fourth-order valence-corrected chi connectivity index (χ4v) is 5.19. The molecule has 0 atom stereocenters. The van der Waals surface area contributed by atoms with E-state index in [1.807, 2.05) is 0 Å². The number of halogens is 1. The monoisotopic (exact) mass is 528 g/mol. The number of nitrogens with one attached hydrogen (secondary N) is 1. The van der Waals surface area contributed by atoms with Crippen molar-refractivity contribution in [2.24, 2.45) is 0 Å². The highest BCUT2D eigenvalue weighted by Gasteiger charge is 2.36. The van der Waals surface area contributed by atoms with Crippen LogP contribution in [0.2, 0.25) is 0 Å². The molecule has 0 aliphatic carbocycles. The summed E-state index contributed by atoms with van der Waals surface area (Å²) < 4.78 is 15.7. The van der Waals surface area contributed by atoms with E-state index in [1.165, 1.54) is 31.0 Å². The Labute approximate surface area is 213 Å². The molecule has 0 spiro atoms. The largest absolute Gasteiger partial charge is 0.507 e. The summed E-state index contributed by atoms with van der Waals surface area (Å²) in [5, 5.41) is 21.6. The first-order valence-electron chi connectivity index (χ1n) is 11.3. The number of carbonyl (C=O) groups excluding carboxylic acids is 2. The van der Waals surface area contributed by atoms with Crippen molar-refractivity contribution in [3.63, 3.8) is 0 Å². The molecule has 0 unspecified atom stereocenters. The van der Waals surface area contributed by atoms with Crippen molar-refractivity contribution in [2.75, 3.05) is 0 Å². The van der Waals surface area contributed by atoms with Crippen LogP contribution >= 0.6 is 11.3 Å². The van der Waals surface area contributed by atoms with E-state index in [-0.39, 0.29) is 21.8 Å². The lowest BCUT2D eigenvalue weighted by atomic mass is 10.0. The molecule has 3 heterocycles. The van der Waals surface area contributed by atoms with Crippen molar-refractivity contribution >= 4 is 33.2 Å². The maximum Gasteiger partial charge on any atom is 0.333 e. The first-order chi connectivity index (χ1) is 17.3. The van der Waals surface area contributed by atoms with Crippen LogP contribution in [0.15, 0.2) is 40.2 Å². The van der Waals surface area contributed by atoms with Gasteiger partial charge >= 0.3 is 5.69 Å². The summed E-state index contributed by atoms with van der Waals surface area (Å²) in [5.74, 6) is -2.53. The number of aryl methyl sites for hydroxylation is 1. The standard InChI is InChI=1S/C24H25FN6O5S/c1-12(2)28-22(35)24(4,5)30-19(34)18-13(3)20(31-26-8-9-27-31)37-21(18)29(23(30)36)11-17(33)15-10-14(25)6-7-16(15)32/h6-10,12,32H,11H2,1-5H3,(H,28,35). The Morgan fingerprint density at radius 1 is 1.19 bits per heavy atom. The Bertz CT molecular complexity index is 1650. The minimum Gasteiger partial charge on any atom is -0.507 e. The van der Waals surface area contributed by atoms with E-state index in [1.54, 1.807) is 20.8 Å². The van der Waals surface area contributed by atoms with Gasteiger partial charge in [-0.15, -0.1) is 4.80 Å². The lowest BCUT2D eigenvalue weighted by Gasteiger charge is -2.27. The molecule has 4 aromatic rings. The molecule has 0 saturated carbocycles. The van der Waals surface area contributed by atoms with Gasteiger partial charge in [0.25, 0.3) is 5.56 Å². The molecule has 0 fully saturated rings. The normalized spacial score (nSPS) is 11.9. The molecule has 13 heteroatoms. The Balaban J connectivity index is 2.02. The SMILES string of the molecule is Cc1c(-n2nccn2)sc2c1c(=O)n(C(C)(C)C(=O)NC(C)C)c(=O)n2CC(=O)c1cc(F)ccc1O. The molecule has 2 N–H and O–H groups in total. The average Bonchev–Trinajstić information content (AvgIpc) is 3.45. The zero-order chi connectivity index (χ0) is 27.2. The van der Waals surface area contributed by atoms with Gasteiger partial charge in [0.15, 0.2) is 5.78 Å². The zero-order valence-corrected chi connectivity index (χ0v) is 21.6. The van der Waals surface area contributed by atoms with Gasteiger partial charge in [-0.2, -0.15) is 10.2 Å². The van der Waals surface area contributed by atoms with E-state index in [9.17, 15) is 28.7 Å². The van der Waals surface area contributed by atoms with E-state index in [0.29, 0.717) is 10.6 Å². The minimum atomic E-state index is -1.63. The molecule has 194 valence electrons. The summed E-state index contributed by atoms with van der Waals surface area (Å²) in [4.78, 5) is 55.2. The smallest absolute Gasteiger partial charge is 0.333 e. The van der Waals surface area contributed by atoms with Gasteiger partial charge in [-0.3, -0.25) is 19.0 Å². The molecule has 37 heavy (non-hydrogen) atoms. The maximum absolute atomic E-state index is 13.8. The van der Waals surface area contributed by atoms with Crippen LogP contribution in [-0.2, 0) is 16.9 Å². The van der Waals surface area contributed by atoms with Gasteiger partial charge in [0.05, 0.1) is 29.9 Å². The van der Waals surface area contributed by atoms with Gasteiger partial charge in [0.1, 0.15) is 26.9 Å². The Hall–Kier alpha value is -4.13. The highest BCUT2D eigenvalue weighted by molar-refractivity contribution is 7.21. The van der Waals surface area contributed by atoms with Crippen molar-refractivity contribution in [2.45, 2.75) is 52.7 Å². The highest BCUT2D eigenvalue weighted by Crippen LogP contribution is 2.31. The van der Waals surface area contributed by atoms with E-state index in [4.69, 9.17) is 0 Å². The third-order valence-electron chi connectivity index (χ3n) is 5.88. The Morgan fingerprint density at radius 3 is 2.46 bits per heavy atom. The maximum atomic E-state index is 13.8. The number of carbonyl (C=O) groups is 2. The van der Waals surface area contributed by atoms with Crippen molar-refractivity contribution in [1.82, 2.24) is 29.4 Å². The number of phenolic OH excluding ortho intramolecular Hbond substituents is 1. The van der Waals surface area contributed by atoms with E-state index in [2.05, 4.69) is 15.5 Å². The van der Waals surface area contributed by atoms with Gasteiger partial charge in [-0.1, -0.05) is 11.3 Å². The van der Waals surface area contributed by atoms with Crippen LogP contribution in [0.1, 0.15) is 43.6 Å². The molecule has 0 radical (unpaired) electrons. The Morgan fingerprint density at radius 2 is 1.84 bits per heavy atom. The lowest BCUT2D eigenvalue weighted by molar-refractivity contribution is -0.129. The number of aromatic nitrogens is 5. The second-order valence-corrected chi connectivity index (χ2v) is 10.3. The van der Waals surface area contributed by atoms with Crippen molar-refractivity contribution < 1.29 is 19.1 Å². The average molecular weight is 529 g/mol. The van der Waals surface area contributed by atoms with E-state index < -0.39 is 46.6 Å². The third kappa shape index (κ3) is 4.46. The Kier molecular flexibility index (Phi) is 6.59. The second kappa shape index (κ2) is 9.39. The van der Waals surface area contributed by atoms with Crippen molar-refractivity contribution in [3.8, 4) is 10.8 Å². The fourth-order valence-electron chi connectivity index (χ4n) is 3.98. The molecule has 11 nitrogen and oxygen atoms in total. The van der Waals surface area contributed by atoms with Crippen LogP contribution in [0, 0.1) is 12.7 Å². The predicted octanol–water partition coefficient (Wildman–Crippen LogP) is 2.10. The van der Waals surface area contributed by atoms with Crippen LogP contribution in [-0.4, -0.2) is 47.0 Å². The molecule has 0 aliphatic heterocycles. The highest BCUT2D eigenvalue weighted by atomic mass is 32.1. The number of hydrogen-bond donors (Lipinski definition) is 2. The number of benzene rings is 1. The number of aromatic hydroxyl groups is 1. The molecule has 4 rings (SSSR count). The summed E-state index contributed by atoms with van der Waals surface area (Å²) in [6.45, 7) is 7.38. The number of ketones is 1. The fraction of sp³-hybridized carbons (Fsp3) is 0.333. The molecule has 3 aromatic heterocycles. The van der Waals surface area contributed by atoms with Gasteiger partial charge < -0.3 is 10.4 Å². The summed E-state index contributed by atoms with van der Waals surface area (Å²) in [6.07, 6.45) is 2.90. The molecular formula is C24H25FN6O5S. The van der Waals surface area contributed by atoms with Crippen LogP contribution in [0.4, 0.5) is 4.39 Å². The third-order valence-corrected chi connectivity index (χ3v) is 7.16. The molecule has 1 amide bonds. The van der Waals surface area contributed by atoms with E-state index >= 15 is 0 Å². The number of amides is 1. The number of nitrogens with zero attached hydrogens (tertiary/aromatic N) is 5. The minimum absolute atomic E-state index is 0.110. The van der Waals surface area contributed by atoms with Crippen LogP contribution in [0.25, 0.3) is 15.2 Å². The molecular weight excluding hydrogens is 503 g/mol. The summed E-state index contributed by atoms with van der Waals surface area (Å²) >= 11 is 1.02. The number of phenols is 1. The molecule has 1 aromatic carbocycles. The molecule has 0 aliphatic rings. The number of hydrogen-bond acceptors (Lipinski definition) is 8. The van der Waals surface area contributed by atoms with Crippen LogP contribution in [0.3, 0.4) is 0 Å². The van der Waals surface area contributed by atoms with Crippen molar-refractivity contribution in [1.29, 1.82) is 0 Å². The van der Waals surface area contributed by atoms with Crippen molar-refractivity contribution in [3.05, 3.63) is 68.4 Å². The van der Waals surface area contributed by atoms with Gasteiger partial charge in [0, 0.05) is 11.6 Å². The molecule has 0 saturated heterocycles. The molecule has 0 bridgehead atoms. The second-order valence-electron chi connectivity index (χ2n) is 9.31. The van der Waals surface area contributed by atoms with Gasteiger partial charge in [-0.25, -0.2) is 13.8 Å². The topological polar surface area (TPSA) is 141 Å². The first kappa shape index (κ1) is 25.9. The number of Topliss-reactive ketones (excluding diaryl/α,β-unsaturated/α-hetero) is 1. The summed E-state index contributed by atoms with van der Waals surface area (Å²) in [6, 6.07) is 2.65. The number of fused-ring (bicyclic) bond motifs is 1. The van der Waals surface area contributed by atoms with Gasteiger partial charge in [0.2, 0.25) is 5.91 Å². The van der Waals surface area contributed by atoms with Gasteiger partial charge in [-0.05, 0) is 52.8 Å². The zero-order valence-electron chi connectivity index (χ0n) is 20.8. The lowest BCUT2D eigenvalue weighted by Crippen LogP contribution is -2.56. The van der Waals surface area contributed by atoms with Crippen LogP contribution in [0.5, 0.6) is 5.75 Å². The van der Waals surface area contributed by atoms with Crippen LogP contribution < -0.4 is 16.6 Å². The first-order valence-corrected chi connectivity index (χ1v) is 12.1. The number of thiophene rings is 1. The quantitative estimate of drug-likeness (QED) is 0.350. The van der Waals surface area contributed by atoms with E-state index in [0.717, 1.165) is 38.7 Å².